The molecule has 2 aliphatic rings. The predicted octanol–water partition coefficient (Wildman–Crippen LogP) is 6.56. The van der Waals surface area contributed by atoms with Crippen LogP contribution in [0.2, 0.25) is 0 Å². The van der Waals surface area contributed by atoms with Gasteiger partial charge in [-0.25, -0.2) is 0 Å². The van der Waals surface area contributed by atoms with E-state index in [0.717, 1.165) is 17.3 Å². The van der Waals surface area contributed by atoms with Gasteiger partial charge in [-0.05, 0) is 48.0 Å². The second-order valence-corrected chi connectivity index (χ2v) is 9.57. The van der Waals surface area contributed by atoms with Crippen LogP contribution in [0.25, 0.3) is 10.8 Å². The summed E-state index contributed by atoms with van der Waals surface area (Å²) in [5.74, 6) is -0.0675. The minimum Gasteiger partial charge on any atom is -0.335 e. The quantitative estimate of drug-likeness (QED) is 0.335. The average molecular weight is 447 g/mol. The molecule has 1 amide bonds. The number of hydrogen-bond acceptors (Lipinski definition) is 5. The fourth-order valence-corrected chi connectivity index (χ4v) is 6.21. The van der Waals surface area contributed by atoms with Crippen molar-refractivity contribution in [3.8, 4) is 0 Å². The number of carbonyl (C=O) groups excluding carboxylic acids is 1. The summed E-state index contributed by atoms with van der Waals surface area (Å²) in [5, 5.41) is 3.62. The number of fused-ring (bicyclic) bond motifs is 3. The van der Waals surface area contributed by atoms with E-state index in [0.29, 0.717) is 9.23 Å². The van der Waals surface area contributed by atoms with Crippen LogP contribution in [0, 0.1) is 0 Å². The lowest BCUT2D eigenvalue weighted by Crippen LogP contribution is -2.27. The van der Waals surface area contributed by atoms with Crippen LogP contribution < -0.4 is 9.80 Å². The highest BCUT2D eigenvalue weighted by molar-refractivity contribution is 8.27. The number of thiocarbonyl (C=S) groups is 1. The van der Waals surface area contributed by atoms with Gasteiger partial charge in [-0.2, -0.15) is 0 Å². The molecule has 0 N–H and O–H groups in total. The average Bonchev–Trinajstić information content (AvgIpc) is 3.28. The summed E-state index contributed by atoms with van der Waals surface area (Å²) >= 11 is 8.58. The number of nitrogens with zero attached hydrogens (tertiary/aromatic N) is 2. The first-order valence-corrected chi connectivity index (χ1v) is 11.7. The number of para-hydroxylation sites is 1. The molecular formula is C24H18N2OS3. The number of rotatable bonds is 3. The van der Waals surface area contributed by atoms with Crippen molar-refractivity contribution in [1.29, 1.82) is 0 Å². The van der Waals surface area contributed by atoms with Crippen molar-refractivity contribution in [2.24, 2.45) is 0 Å². The maximum atomic E-state index is 13.0. The van der Waals surface area contributed by atoms with E-state index in [1.165, 1.54) is 33.1 Å². The summed E-state index contributed by atoms with van der Waals surface area (Å²) < 4.78 is 0.566. The van der Waals surface area contributed by atoms with Crippen molar-refractivity contribution in [2.75, 3.05) is 16.3 Å². The van der Waals surface area contributed by atoms with E-state index in [9.17, 15) is 4.79 Å². The van der Waals surface area contributed by atoms with Gasteiger partial charge in [0, 0.05) is 11.4 Å². The van der Waals surface area contributed by atoms with E-state index in [-0.39, 0.29) is 5.91 Å². The minimum atomic E-state index is -0.0675. The lowest BCUT2D eigenvalue weighted by atomic mass is 10.1. The molecule has 1 saturated heterocycles. The zero-order valence-corrected chi connectivity index (χ0v) is 18.7. The van der Waals surface area contributed by atoms with Crippen LogP contribution in [0.3, 0.4) is 0 Å². The van der Waals surface area contributed by atoms with Crippen molar-refractivity contribution in [2.45, 2.75) is 11.8 Å². The van der Waals surface area contributed by atoms with Gasteiger partial charge in [0.15, 0.2) is 4.32 Å². The summed E-state index contributed by atoms with van der Waals surface area (Å²) in [5.41, 5.74) is 2.03. The molecule has 0 atom stereocenters. The van der Waals surface area contributed by atoms with E-state index in [2.05, 4.69) is 48.2 Å². The first-order valence-electron chi connectivity index (χ1n) is 9.68. The van der Waals surface area contributed by atoms with Gasteiger partial charge in [0.2, 0.25) is 0 Å². The molecule has 5 rings (SSSR count). The Kier molecular flexibility index (Phi) is 5.15. The summed E-state index contributed by atoms with van der Waals surface area (Å²) in [6.07, 6.45) is 3.95. The molecule has 0 radical (unpaired) electrons. The third kappa shape index (κ3) is 3.25. The first-order chi connectivity index (χ1) is 14.7. The van der Waals surface area contributed by atoms with Crippen molar-refractivity contribution >= 4 is 68.1 Å². The Labute approximate surface area is 189 Å². The van der Waals surface area contributed by atoms with Crippen LogP contribution in [-0.2, 0) is 4.79 Å². The number of carbonyl (C=O) groups is 1. The third-order valence-electron chi connectivity index (χ3n) is 5.12. The number of benzene rings is 3. The van der Waals surface area contributed by atoms with Crippen LogP contribution in [0.1, 0.15) is 6.92 Å². The predicted molar refractivity (Wildman–Crippen MR) is 133 cm³/mol. The maximum absolute atomic E-state index is 13.0. The lowest BCUT2D eigenvalue weighted by molar-refractivity contribution is -0.113. The van der Waals surface area contributed by atoms with Crippen molar-refractivity contribution in [1.82, 2.24) is 0 Å². The van der Waals surface area contributed by atoms with Crippen LogP contribution >= 0.6 is 35.7 Å². The number of allylic oxidation sites excluding steroid dienone is 2. The van der Waals surface area contributed by atoms with Crippen LogP contribution in [0.4, 0.5) is 11.4 Å². The summed E-state index contributed by atoms with van der Waals surface area (Å²) in [7, 11) is 0. The Morgan fingerprint density at radius 2 is 1.70 bits per heavy atom. The Morgan fingerprint density at radius 3 is 2.50 bits per heavy atom. The van der Waals surface area contributed by atoms with Crippen molar-refractivity contribution < 1.29 is 4.79 Å². The highest BCUT2D eigenvalue weighted by atomic mass is 32.2. The normalized spacial score (nSPS) is 18.8. The van der Waals surface area contributed by atoms with Crippen molar-refractivity contribution in [3.05, 3.63) is 88.8 Å². The molecule has 0 spiro atoms. The third-order valence-corrected chi connectivity index (χ3v) is 7.64. The number of hydrogen-bond donors (Lipinski definition) is 0. The smallest absolute Gasteiger partial charge is 0.270 e. The number of amides is 1. The van der Waals surface area contributed by atoms with E-state index in [1.54, 1.807) is 16.7 Å². The first kappa shape index (κ1) is 19.4. The van der Waals surface area contributed by atoms with Gasteiger partial charge in [-0.1, -0.05) is 84.3 Å². The SMILES string of the molecule is CCN1C(=CC=C2SC(=S)N(c3ccccc3)C2=O)Sc2c1ccc1ccccc21. The molecule has 3 nitrogen and oxygen atoms in total. The topological polar surface area (TPSA) is 23.6 Å². The standard InChI is InChI=1S/C24H18N2OS3/c1-2-25-19-13-12-16-8-6-7-11-18(16)22(19)30-21(25)15-14-20-23(27)26(24(28)29-20)17-9-4-3-5-10-17/h3-15H,2H2,1H3. The van der Waals surface area contributed by atoms with Gasteiger partial charge >= 0.3 is 0 Å². The molecule has 148 valence electrons. The van der Waals surface area contributed by atoms with Gasteiger partial charge in [0.25, 0.3) is 5.91 Å². The van der Waals surface area contributed by atoms with Crippen LogP contribution in [0.5, 0.6) is 0 Å². The number of anilines is 2. The second kappa shape index (κ2) is 7.95. The molecule has 0 saturated carbocycles. The molecule has 0 aliphatic carbocycles. The molecule has 2 aliphatic heterocycles. The molecule has 0 unspecified atom stereocenters. The monoisotopic (exact) mass is 446 g/mol. The summed E-state index contributed by atoms with van der Waals surface area (Å²) in [6.45, 7) is 3.01. The molecule has 2 heterocycles. The zero-order valence-electron chi connectivity index (χ0n) is 16.2. The van der Waals surface area contributed by atoms with Crippen LogP contribution in [0.15, 0.2) is 93.7 Å². The molecule has 0 aromatic heterocycles. The molecule has 1 fully saturated rings. The molecule has 6 heteroatoms. The van der Waals surface area contributed by atoms with E-state index in [1.807, 2.05) is 42.5 Å². The van der Waals surface area contributed by atoms with Gasteiger partial charge < -0.3 is 4.90 Å². The Bertz CT molecular complexity index is 1230. The fourth-order valence-electron chi connectivity index (χ4n) is 3.71. The Morgan fingerprint density at radius 1 is 0.933 bits per heavy atom. The fraction of sp³-hybridized carbons (Fsp3) is 0.0833. The molecule has 3 aromatic rings. The Balaban J connectivity index is 1.48. The molecule has 30 heavy (non-hydrogen) atoms. The van der Waals surface area contributed by atoms with E-state index < -0.39 is 0 Å². The van der Waals surface area contributed by atoms with Gasteiger partial charge in [0.1, 0.15) is 0 Å². The highest BCUT2D eigenvalue weighted by Crippen LogP contribution is 2.49. The van der Waals surface area contributed by atoms with Crippen LogP contribution in [-0.4, -0.2) is 16.8 Å². The Hall–Kier alpha value is -2.54. The molecule has 3 aromatic carbocycles. The highest BCUT2D eigenvalue weighted by Gasteiger charge is 2.33. The van der Waals surface area contributed by atoms with E-state index in [4.69, 9.17) is 12.2 Å². The molecule has 0 bridgehead atoms. The van der Waals surface area contributed by atoms with Gasteiger partial charge in [0.05, 0.1) is 21.3 Å². The second-order valence-electron chi connectivity index (χ2n) is 6.86. The van der Waals surface area contributed by atoms with Gasteiger partial charge in [-0.3, -0.25) is 9.69 Å². The zero-order chi connectivity index (χ0) is 20.7. The molecular weight excluding hydrogens is 428 g/mol. The largest absolute Gasteiger partial charge is 0.335 e. The van der Waals surface area contributed by atoms with E-state index >= 15 is 0 Å². The van der Waals surface area contributed by atoms with Crippen molar-refractivity contribution in [3.63, 3.8) is 0 Å². The minimum absolute atomic E-state index is 0.0675. The number of thioether (sulfide) groups is 2. The van der Waals surface area contributed by atoms with Gasteiger partial charge in [-0.15, -0.1) is 0 Å². The summed E-state index contributed by atoms with van der Waals surface area (Å²) in [6, 6.07) is 22.4. The summed E-state index contributed by atoms with van der Waals surface area (Å²) in [4.78, 5) is 18.8. The maximum Gasteiger partial charge on any atom is 0.270 e. The lowest BCUT2D eigenvalue weighted by Gasteiger charge is -2.17.